The van der Waals surface area contributed by atoms with Crippen LogP contribution in [-0.2, 0) is 22.9 Å². The average molecular weight is 320 g/mol. The lowest BCUT2D eigenvalue weighted by atomic mass is 10.1. The normalized spacial score (nSPS) is 20.5. The first-order valence-electron chi connectivity index (χ1n) is 8.06. The topological polar surface area (TPSA) is 40.6 Å². The molecule has 0 N–H and O–H groups in total. The third-order valence-electron chi connectivity index (χ3n) is 4.64. The predicted molar refractivity (Wildman–Crippen MR) is 88.5 cm³/mol. The Balaban J connectivity index is 1.79. The molecular weight excluding hydrogens is 296 g/mol. The van der Waals surface area contributed by atoms with Crippen LogP contribution in [0.15, 0.2) is 35.7 Å². The van der Waals surface area contributed by atoms with Gasteiger partial charge in [-0.3, -0.25) is 4.90 Å². The van der Waals surface area contributed by atoms with Gasteiger partial charge in [0.05, 0.1) is 4.90 Å². The highest BCUT2D eigenvalue weighted by atomic mass is 32.2. The van der Waals surface area contributed by atoms with Crippen LogP contribution >= 0.6 is 0 Å². The van der Waals surface area contributed by atoms with Gasteiger partial charge in [0, 0.05) is 26.2 Å². The first kappa shape index (κ1) is 15.7. The number of rotatable bonds is 4. The molecule has 5 heteroatoms. The Morgan fingerprint density at radius 2 is 1.86 bits per heavy atom. The van der Waals surface area contributed by atoms with Crippen LogP contribution in [0.5, 0.6) is 0 Å². The highest BCUT2D eigenvalue weighted by molar-refractivity contribution is 7.89. The van der Waals surface area contributed by atoms with Crippen LogP contribution in [0.2, 0.25) is 0 Å². The summed E-state index contributed by atoms with van der Waals surface area (Å²) in [5.41, 5.74) is 2.52. The minimum absolute atomic E-state index is 0.463. The third kappa shape index (κ3) is 3.12. The molecule has 1 aromatic rings. The monoisotopic (exact) mass is 320 g/mol. The summed E-state index contributed by atoms with van der Waals surface area (Å²) in [4.78, 5) is 2.72. The van der Waals surface area contributed by atoms with Crippen molar-refractivity contribution in [2.24, 2.45) is 0 Å². The summed E-state index contributed by atoms with van der Waals surface area (Å²) in [5, 5.41) is 0. The molecule has 3 rings (SSSR count). The van der Waals surface area contributed by atoms with Gasteiger partial charge < -0.3 is 0 Å². The van der Waals surface area contributed by atoms with Gasteiger partial charge in [-0.1, -0.05) is 12.1 Å². The van der Waals surface area contributed by atoms with E-state index in [1.807, 2.05) is 18.2 Å². The number of hydrogen-bond donors (Lipinski definition) is 0. The quantitative estimate of drug-likeness (QED) is 0.797. The van der Waals surface area contributed by atoms with E-state index in [1.165, 1.54) is 11.1 Å². The van der Waals surface area contributed by atoms with Crippen molar-refractivity contribution >= 4 is 10.0 Å². The molecule has 0 amide bonds. The number of benzene rings is 1. The van der Waals surface area contributed by atoms with Crippen LogP contribution in [0.25, 0.3) is 0 Å². The maximum absolute atomic E-state index is 12.9. The van der Waals surface area contributed by atoms with Gasteiger partial charge in [0.2, 0.25) is 10.0 Å². The average Bonchev–Trinajstić information content (AvgIpc) is 2.85. The van der Waals surface area contributed by atoms with Crippen molar-refractivity contribution in [1.82, 2.24) is 9.21 Å². The minimum Gasteiger partial charge on any atom is -0.298 e. The fraction of sp³-hybridized carbons (Fsp3) is 0.529. The van der Waals surface area contributed by atoms with E-state index < -0.39 is 10.0 Å². The summed E-state index contributed by atoms with van der Waals surface area (Å²) in [6.07, 6.45) is 5.98. The van der Waals surface area contributed by atoms with Crippen LogP contribution in [0.4, 0.5) is 0 Å². The fourth-order valence-electron chi connectivity index (χ4n) is 3.41. The first-order valence-corrected chi connectivity index (χ1v) is 9.50. The van der Waals surface area contributed by atoms with Gasteiger partial charge >= 0.3 is 0 Å². The summed E-state index contributed by atoms with van der Waals surface area (Å²) < 4.78 is 27.4. The van der Waals surface area contributed by atoms with Gasteiger partial charge in [-0.2, -0.15) is 4.31 Å². The molecular formula is C17H24N2O2S. The first-order chi connectivity index (χ1) is 10.6. The van der Waals surface area contributed by atoms with Gasteiger partial charge in [-0.05, 0) is 55.5 Å². The highest BCUT2D eigenvalue weighted by Crippen LogP contribution is 2.26. The van der Waals surface area contributed by atoms with Gasteiger partial charge in [-0.15, -0.1) is 6.58 Å². The summed E-state index contributed by atoms with van der Waals surface area (Å²) in [6.45, 7) is 7.46. The molecule has 1 aromatic carbocycles. The molecule has 0 bridgehead atoms. The largest absolute Gasteiger partial charge is 0.298 e. The Bertz CT molecular complexity index is 655. The molecule has 0 unspecified atom stereocenters. The van der Waals surface area contributed by atoms with E-state index in [4.69, 9.17) is 0 Å². The zero-order chi connectivity index (χ0) is 15.6. The lowest BCUT2D eigenvalue weighted by Gasteiger charge is -2.21. The molecule has 0 radical (unpaired) electrons. The maximum atomic E-state index is 12.9. The smallest absolute Gasteiger partial charge is 0.243 e. The standard InChI is InChI=1S/C17H24N2O2S/c1-2-9-18-10-4-11-19(13-12-18)22(20,21)17-8-7-15-5-3-6-16(15)14-17/h2,7-8,14H,1,3-6,9-13H2. The van der Waals surface area contributed by atoms with Gasteiger partial charge in [0.25, 0.3) is 0 Å². The summed E-state index contributed by atoms with van der Waals surface area (Å²) >= 11 is 0. The summed E-state index contributed by atoms with van der Waals surface area (Å²) in [7, 11) is -3.36. The summed E-state index contributed by atoms with van der Waals surface area (Å²) in [5.74, 6) is 0. The molecule has 0 spiro atoms. The molecule has 0 atom stereocenters. The molecule has 2 aliphatic rings. The lowest BCUT2D eigenvalue weighted by molar-refractivity contribution is 0.316. The van der Waals surface area contributed by atoms with Crippen LogP contribution in [0.1, 0.15) is 24.0 Å². The number of nitrogens with zero attached hydrogens (tertiary/aromatic N) is 2. The van der Waals surface area contributed by atoms with E-state index in [-0.39, 0.29) is 0 Å². The second kappa shape index (κ2) is 6.52. The van der Waals surface area contributed by atoms with Crippen molar-refractivity contribution in [3.63, 3.8) is 0 Å². The predicted octanol–water partition coefficient (Wildman–Crippen LogP) is 2.06. The van der Waals surface area contributed by atoms with Crippen LogP contribution in [-0.4, -0.2) is 50.3 Å². The molecule has 1 aliphatic carbocycles. The molecule has 4 nitrogen and oxygen atoms in total. The van der Waals surface area contributed by atoms with Crippen LogP contribution in [0, 0.1) is 0 Å². The second-order valence-corrected chi connectivity index (χ2v) is 8.07. The zero-order valence-electron chi connectivity index (χ0n) is 13.0. The molecule has 1 heterocycles. The van der Waals surface area contributed by atoms with Crippen molar-refractivity contribution in [3.8, 4) is 0 Å². The van der Waals surface area contributed by atoms with Crippen LogP contribution in [0.3, 0.4) is 0 Å². The van der Waals surface area contributed by atoms with E-state index in [0.29, 0.717) is 18.0 Å². The number of aryl methyl sites for hydroxylation is 2. The molecule has 22 heavy (non-hydrogen) atoms. The Labute approximate surface area is 133 Å². The highest BCUT2D eigenvalue weighted by Gasteiger charge is 2.27. The van der Waals surface area contributed by atoms with Crippen molar-refractivity contribution in [3.05, 3.63) is 42.0 Å². The van der Waals surface area contributed by atoms with Crippen LogP contribution < -0.4 is 0 Å². The summed E-state index contributed by atoms with van der Waals surface area (Å²) in [6, 6.07) is 5.67. The molecule has 1 saturated heterocycles. The fourth-order valence-corrected chi connectivity index (χ4v) is 4.93. The molecule has 0 saturated carbocycles. The molecule has 1 aliphatic heterocycles. The van der Waals surface area contributed by atoms with Crippen molar-refractivity contribution in [1.29, 1.82) is 0 Å². The molecule has 120 valence electrons. The van der Waals surface area contributed by atoms with Crippen molar-refractivity contribution in [2.75, 3.05) is 32.7 Å². The van der Waals surface area contributed by atoms with E-state index in [1.54, 1.807) is 10.4 Å². The zero-order valence-corrected chi connectivity index (χ0v) is 13.8. The minimum atomic E-state index is -3.36. The molecule has 1 fully saturated rings. The number of fused-ring (bicyclic) bond motifs is 1. The van der Waals surface area contributed by atoms with Crippen molar-refractivity contribution in [2.45, 2.75) is 30.6 Å². The Hall–Kier alpha value is -1.17. The Kier molecular flexibility index (Phi) is 4.66. The van der Waals surface area contributed by atoms with E-state index >= 15 is 0 Å². The second-order valence-electron chi connectivity index (χ2n) is 6.13. The SMILES string of the molecule is C=CCN1CCCN(S(=O)(=O)c2ccc3c(c2)CCC3)CC1. The van der Waals surface area contributed by atoms with E-state index in [2.05, 4.69) is 11.5 Å². The lowest BCUT2D eigenvalue weighted by Crippen LogP contribution is -2.35. The maximum Gasteiger partial charge on any atom is 0.243 e. The van der Waals surface area contributed by atoms with Gasteiger partial charge in [0.1, 0.15) is 0 Å². The van der Waals surface area contributed by atoms with E-state index in [9.17, 15) is 8.42 Å². The van der Waals surface area contributed by atoms with Gasteiger partial charge in [-0.25, -0.2) is 8.42 Å². The number of sulfonamides is 1. The Morgan fingerprint density at radius 3 is 2.68 bits per heavy atom. The van der Waals surface area contributed by atoms with Gasteiger partial charge in [0.15, 0.2) is 0 Å². The third-order valence-corrected chi connectivity index (χ3v) is 6.54. The van der Waals surface area contributed by atoms with E-state index in [0.717, 1.165) is 45.3 Å². The number of hydrogen-bond acceptors (Lipinski definition) is 3. The van der Waals surface area contributed by atoms with Crippen molar-refractivity contribution < 1.29 is 8.42 Å². The molecule has 0 aromatic heterocycles. The Morgan fingerprint density at radius 1 is 1.05 bits per heavy atom.